The SMILES string of the molecule is CCN(CC)n1cnc2cnc(Nc3ccccc3)nc21. The maximum Gasteiger partial charge on any atom is 0.229 e. The average molecular weight is 282 g/mol. The zero-order valence-corrected chi connectivity index (χ0v) is 12.2. The molecule has 0 radical (unpaired) electrons. The summed E-state index contributed by atoms with van der Waals surface area (Å²) in [6, 6.07) is 9.89. The first-order chi connectivity index (χ1) is 10.3. The minimum absolute atomic E-state index is 0.572. The van der Waals surface area contributed by atoms with Crippen molar-refractivity contribution in [2.45, 2.75) is 13.8 Å². The monoisotopic (exact) mass is 282 g/mol. The van der Waals surface area contributed by atoms with Gasteiger partial charge in [-0.1, -0.05) is 18.2 Å². The fourth-order valence-corrected chi connectivity index (χ4v) is 2.24. The molecule has 21 heavy (non-hydrogen) atoms. The van der Waals surface area contributed by atoms with Gasteiger partial charge < -0.3 is 10.3 Å². The van der Waals surface area contributed by atoms with Gasteiger partial charge in [0, 0.05) is 18.8 Å². The summed E-state index contributed by atoms with van der Waals surface area (Å²) in [6.07, 6.45) is 3.53. The molecule has 2 aromatic heterocycles. The molecule has 3 aromatic rings. The lowest BCUT2D eigenvalue weighted by Crippen LogP contribution is -2.33. The maximum atomic E-state index is 4.58. The van der Waals surface area contributed by atoms with Gasteiger partial charge in [0.15, 0.2) is 5.65 Å². The predicted molar refractivity (Wildman–Crippen MR) is 84.3 cm³/mol. The van der Waals surface area contributed by atoms with Gasteiger partial charge in [0.25, 0.3) is 0 Å². The lowest BCUT2D eigenvalue weighted by Gasteiger charge is -2.21. The van der Waals surface area contributed by atoms with E-state index in [0.29, 0.717) is 5.95 Å². The Kier molecular flexibility index (Phi) is 3.68. The van der Waals surface area contributed by atoms with Crippen LogP contribution in [0.3, 0.4) is 0 Å². The number of anilines is 2. The summed E-state index contributed by atoms with van der Waals surface area (Å²) in [5.74, 6) is 0.572. The van der Waals surface area contributed by atoms with E-state index in [1.165, 1.54) is 0 Å². The van der Waals surface area contributed by atoms with Crippen LogP contribution in [0.1, 0.15) is 13.8 Å². The minimum atomic E-state index is 0.572. The molecule has 6 heteroatoms. The lowest BCUT2D eigenvalue weighted by atomic mass is 10.3. The summed E-state index contributed by atoms with van der Waals surface area (Å²) in [7, 11) is 0. The van der Waals surface area contributed by atoms with Gasteiger partial charge in [0.2, 0.25) is 5.95 Å². The number of aromatic nitrogens is 4. The molecule has 2 heterocycles. The van der Waals surface area contributed by atoms with Crippen molar-refractivity contribution in [3.63, 3.8) is 0 Å². The molecule has 0 bridgehead atoms. The zero-order chi connectivity index (χ0) is 14.7. The molecule has 6 nitrogen and oxygen atoms in total. The molecular weight excluding hydrogens is 264 g/mol. The molecular formula is C15H18N6. The van der Waals surface area contributed by atoms with Crippen molar-refractivity contribution in [3.8, 4) is 0 Å². The zero-order valence-electron chi connectivity index (χ0n) is 12.2. The molecule has 0 saturated heterocycles. The van der Waals surface area contributed by atoms with Crippen LogP contribution in [0.5, 0.6) is 0 Å². The van der Waals surface area contributed by atoms with Gasteiger partial charge in [-0.05, 0) is 26.0 Å². The quantitative estimate of drug-likeness (QED) is 0.779. The lowest BCUT2D eigenvalue weighted by molar-refractivity contribution is 0.630. The van der Waals surface area contributed by atoms with Crippen LogP contribution in [-0.2, 0) is 0 Å². The van der Waals surface area contributed by atoms with Crippen LogP contribution in [0.2, 0.25) is 0 Å². The van der Waals surface area contributed by atoms with E-state index < -0.39 is 0 Å². The number of nitrogens with one attached hydrogen (secondary N) is 1. The molecule has 0 aliphatic heterocycles. The Morgan fingerprint density at radius 1 is 1.10 bits per heavy atom. The van der Waals surface area contributed by atoms with E-state index in [9.17, 15) is 0 Å². The highest BCUT2D eigenvalue weighted by molar-refractivity contribution is 5.72. The van der Waals surface area contributed by atoms with Crippen molar-refractivity contribution >= 4 is 22.8 Å². The highest BCUT2D eigenvalue weighted by Crippen LogP contribution is 2.15. The Hall–Kier alpha value is -2.63. The molecule has 0 unspecified atom stereocenters. The highest BCUT2D eigenvalue weighted by atomic mass is 15.6. The van der Waals surface area contributed by atoms with E-state index >= 15 is 0 Å². The normalized spacial score (nSPS) is 10.8. The van der Waals surface area contributed by atoms with Gasteiger partial charge in [-0.15, -0.1) is 0 Å². The second kappa shape index (κ2) is 5.78. The number of fused-ring (bicyclic) bond motifs is 1. The number of benzene rings is 1. The third-order valence-corrected chi connectivity index (χ3v) is 3.34. The molecule has 0 amide bonds. The molecule has 0 atom stereocenters. The van der Waals surface area contributed by atoms with Crippen LogP contribution in [0.4, 0.5) is 11.6 Å². The number of imidazole rings is 1. The Morgan fingerprint density at radius 3 is 2.57 bits per heavy atom. The van der Waals surface area contributed by atoms with Crippen molar-refractivity contribution in [2.75, 3.05) is 23.4 Å². The molecule has 0 aliphatic rings. The number of nitrogens with zero attached hydrogens (tertiary/aromatic N) is 5. The molecule has 0 fully saturated rings. The molecule has 0 saturated carbocycles. The van der Waals surface area contributed by atoms with Crippen LogP contribution in [0.15, 0.2) is 42.9 Å². The Labute approximate surface area is 123 Å². The average Bonchev–Trinajstić information content (AvgIpc) is 2.93. The van der Waals surface area contributed by atoms with Crippen molar-refractivity contribution in [1.82, 2.24) is 19.6 Å². The van der Waals surface area contributed by atoms with Crippen molar-refractivity contribution in [3.05, 3.63) is 42.9 Å². The van der Waals surface area contributed by atoms with Crippen LogP contribution in [-0.4, -0.2) is 32.7 Å². The Morgan fingerprint density at radius 2 is 1.86 bits per heavy atom. The number of hydrogen-bond donors (Lipinski definition) is 1. The van der Waals surface area contributed by atoms with E-state index in [2.05, 4.69) is 39.1 Å². The van der Waals surface area contributed by atoms with Crippen molar-refractivity contribution < 1.29 is 0 Å². The summed E-state index contributed by atoms with van der Waals surface area (Å²) in [6.45, 7) is 6.01. The van der Waals surface area contributed by atoms with E-state index in [-0.39, 0.29) is 0 Å². The molecule has 108 valence electrons. The molecule has 1 aromatic carbocycles. The predicted octanol–water partition coefficient (Wildman–Crippen LogP) is 2.55. The van der Waals surface area contributed by atoms with Gasteiger partial charge in [-0.2, -0.15) is 4.98 Å². The third-order valence-electron chi connectivity index (χ3n) is 3.34. The largest absolute Gasteiger partial charge is 0.324 e. The minimum Gasteiger partial charge on any atom is -0.324 e. The molecule has 0 aliphatic carbocycles. The maximum absolute atomic E-state index is 4.58. The van der Waals surface area contributed by atoms with Crippen LogP contribution in [0.25, 0.3) is 11.2 Å². The summed E-state index contributed by atoms with van der Waals surface area (Å²) in [5.41, 5.74) is 2.57. The van der Waals surface area contributed by atoms with E-state index in [1.54, 1.807) is 12.5 Å². The number of rotatable bonds is 5. The van der Waals surface area contributed by atoms with Gasteiger partial charge in [0.1, 0.15) is 11.8 Å². The first-order valence-electron chi connectivity index (χ1n) is 7.09. The van der Waals surface area contributed by atoms with Gasteiger partial charge in [-0.3, -0.25) is 0 Å². The second-order valence-electron chi connectivity index (χ2n) is 4.62. The van der Waals surface area contributed by atoms with Crippen molar-refractivity contribution in [2.24, 2.45) is 0 Å². The highest BCUT2D eigenvalue weighted by Gasteiger charge is 2.10. The van der Waals surface area contributed by atoms with Crippen LogP contribution in [0, 0.1) is 0 Å². The van der Waals surface area contributed by atoms with Crippen LogP contribution < -0.4 is 10.3 Å². The number of hydrogen-bond acceptors (Lipinski definition) is 5. The topological polar surface area (TPSA) is 58.9 Å². The van der Waals surface area contributed by atoms with Gasteiger partial charge in [-0.25, -0.2) is 14.6 Å². The molecule has 1 N–H and O–H groups in total. The summed E-state index contributed by atoms with van der Waals surface area (Å²) < 4.78 is 1.98. The van der Waals surface area contributed by atoms with E-state index in [4.69, 9.17) is 0 Å². The van der Waals surface area contributed by atoms with E-state index in [1.807, 2.05) is 35.0 Å². The smallest absolute Gasteiger partial charge is 0.229 e. The Bertz CT molecular complexity index is 717. The second-order valence-corrected chi connectivity index (χ2v) is 4.62. The first-order valence-corrected chi connectivity index (χ1v) is 7.09. The fraction of sp³-hybridized carbons (Fsp3) is 0.267. The summed E-state index contributed by atoms with van der Waals surface area (Å²) in [4.78, 5) is 13.2. The van der Waals surface area contributed by atoms with Gasteiger partial charge in [0.05, 0.1) is 6.20 Å². The fourth-order valence-electron chi connectivity index (χ4n) is 2.24. The summed E-state index contributed by atoms with van der Waals surface area (Å²) in [5, 5.41) is 5.37. The Balaban J connectivity index is 1.96. The molecule has 3 rings (SSSR count). The number of para-hydroxylation sites is 1. The van der Waals surface area contributed by atoms with Crippen LogP contribution >= 0.6 is 0 Å². The third kappa shape index (κ3) is 2.65. The van der Waals surface area contributed by atoms with Crippen molar-refractivity contribution in [1.29, 1.82) is 0 Å². The first kappa shape index (κ1) is 13.4. The molecule has 0 spiro atoms. The van der Waals surface area contributed by atoms with E-state index in [0.717, 1.165) is 29.9 Å². The summed E-state index contributed by atoms with van der Waals surface area (Å²) >= 11 is 0. The standard InChI is InChI=1S/C15H18N6/c1-3-20(4-2)21-11-17-13-10-16-15(19-14(13)21)18-12-8-6-5-7-9-12/h5-11H,3-4H2,1-2H3,(H,16,18,19). The van der Waals surface area contributed by atoms with Gasteiger partial charge >= 0.3 is 0 Å².